The number of hydrogen-bond donors (Lipinski definition) is 0. The van der Waals surface area contributed by atoms with Gasteiger partial charge in [-0.25, -0.2) is 0 Å². The Morgan fingerprint density at radius 3 is 2.89 bits per heavy atom. The fraction of sp³-hybridized carbons (Fsp3) is 0.625. The van der Waals surface area contributed by atoms with E-state index in [2.05, 4.69) is 40.2 Å². The van der Waals surface area contributed by atoms with Gasteiger partial charge in [-0.05, 0) is 49.1 Å². The molecule has 1 aromatic rings. The molecule has 0 heterocycles. The van der Waals surface area contributed by atoms with Gasteiger partial charge in [0, 0.05) is 17.4 Å². The highest BCUT2D eigenvalue weighted by atomic mass is 79.9. The van der Waals surface area contributed by atoms with Crippen LogP contribution in [0.4, 0.5) is 0 Å². The third-order valence-corrected chi connectivity index (χ3v) is 5.45. The summed E-state index contributed by atoms with van der Waals surface area (Å²) in [4.78, 5) is 0. The van der Waals surface area contributed by atoms with Gasteiger partial charge >= 0.3 is 0 Å². The van der Waals surface area contributed by atoms with Crippen LogP contribution in [-0.2, 0) is 16.6 Å². The van der Waals surface area contributed by atoms with E-state index in [9.17, 15) is 0 Å². The van der Waals surface area contributed by atoms with E-state index in [1.165, 1.54) is 43.2 Å². The lowest BCUT2D eigenvalue weighted by atomic mass is 9.72. The van der Waals surface area contributed by atoms with Crippen LogP contribution >= 0.6 is 15.9 Å². The number of benzene rings is 1. The Morgan fingerprint density at radius 2 is 2.11 bits per heavy atom. The quantitative estimate of drug-likeness (QED) is 0.745. The molecule has 0 radical (unpaired) electrons. The Morgan fingerprint density at radius 1 is 1.28 bits per heavy atom. The SMILES string of the molecule is BrCC1(COCC2CC2)CCCc2ccccc21. The molecule has 0 amide bonds. The van der Waals surface area contributed by atoms with Gasteiger partial charge in [0.2, 0.25) is 0 Å². The summed E-state index contributed by atoms with van der Waals surface area (Å²) in [6, 6.07) is 8.92. The topological polar surface area (TPSA) is 9.23 Å². The molecule has 0 N–H and O–H groups in total. The number of alkyl halides is 1. The Labute approximate surface area is 118 Å². The summed E-state index contributed by atoms with van der Waals surface area (Å²) in [7, 11) is 0. The van der Waals surface area contributed by atoms with Crippen molar-refractivity contribution < 1.29 is 4.74 Å². The predicted molar refractivity (Wildman–Crippen MR) is 78.4 cm³/mol. The van der Waals surface area contributed by atoms with Crippen molar-refractivity contribution in [3.8, 4) is 0 Å². The van der Waals surface area contributed by atoms with Crippen LogP contribution in [0.3, 0.4) is 0 Å². The molecule has 2 aliphatic carbocycles. The monoisotopic (exact) mass is 308 g/mol. The molecule has 1 fully saturated rings. The molecule has 1 atom stereocenters. The van der Waals surface area contributed by atoms with Crippen molar-refractivity contribution in [1.29, 1.82) is 0 Å². The summed E-state index contributed by atoms with van der Waals surface area (Å²) in [5, 5.41) is 1.02. The van der Waals surface area contributed by atoms with Crippen LogP contribution in [0.2, 0.25) is 0 Å². The highest BCUT2D eigenvalue weighted by Crippen LogP contribution is 2.39. The molecule has 1 saturated carbocycles. The van der Waals surface area contributed by atoms with Gasteiger partial charge < -0.3 is 4.74 Å². The van der Waals surface area contributed by atoms with Crippen LogP contribution in [0.25, 0.3) is 0 Å². The van der Waals surface area contributed by atoms with Crippen LogP contribution in [0.5, 0.6) is 0 Å². The van der Waals surface area contributed by atoms with Crippen LogP contribution in [0.15, 0.2) is 24.3 Å². The summed E-state index contributed by atoms with van der Waals surface area (Å²) in [6.07, 6.45) is 6.51. The van der Waals surface area contributed by atoms with Gasteiger partial charge in [-0.2, -0.15) is 0 Å². The summed E-state index contributed by atoms with van der Waals surface area (Å²) in [5.74, 6) is 0.858. The predicted octanol–water partition coefficient (Wildman–Crippen LogP) is 4.08. The van der Waals surface area contributed by atoms with Crippen LogP contribution in [-0.4, -0.2) is 18.5 Å². The Balaban J connectivity index is 1.77. The number of aryl methyl sites for hydroxylation is 1. The number of halogens is 1. The first-order valence-corrected chi connectivity index (χ1v) is 8.18. The number of hydrogen-bond acceptors (Lipinski definition) is 1. The average molecular weight is 309 g/mol. The maximum absolute atomic E-state index is 6.02. The summed E-state index contributed by atoms with van der Waals surface area (Å²) in [5.41, 5.74) is 3.26. The lowest BCUT2D eigenvalue weighted by Gasteiger charge is -2.37. The first-order valence-electron chi connectivity index (χ1n) is 7.06. The van der Waals surface area contributed by atoms with Crippen molar-refractivity contribution in [2.75, 3.05) is 18.5 Å². The zero-order valence-electron chi connectivity index (χ0n) is 10.8. The molecule has 0 aliphatic heterocycles. The van der Waals surface area contributed by atoms with E-state index < -0.39 is 0 Å². The van der Waals surface area contributed by atoms with E-state index in [0.717, 1.165) is 24.5 Å². The molecule has 18 heavy (non-hydrogen) atoms. The molecule has 1 aromatic carbocycles. The second-order valence-corrected chi connectivity index (χ2v) is 6.44. The maximum Gasteiger partial charge on any atom is 0.0571 e. The number of rotatable bonds is 5. The Bertz CT molecular complexity index is 413. The zero-order chi connectivity index (χ0) is 12.4. The van der Waals surface area contributed by atoms with Gasteiger partial charge in [0.25, 0.3) is 0 Å². The summed E-state index contributed by atoms with van der Waals surface area (Å²) < 4.78 is 6.02. The smallest absolute Gasteiger partial charge is 0.0571 e. The molecular formula is C16H21BrO. The van der Waals surface area contributed by atoms with Gasteiger partial charge in [-0.15, -0.1) is 0 Å². The molecule has 1 unspecified atom stereocenters. The van der Waals surface area contributed by atoms with E-state index in [1.807, 2.05) is 0 Å². The Hall–Kier alpha value is -0.340. The third kappa shape index (κ3) is 2.50. The summed E-state index contributed by atoms with van der Waals surface area (Å²) >= 11 is 3.74. The van der Waals surface area contributed by atoms with Gasteiger partial charge in [0.1, 0.15) is 0 Å². The van der Waals surface area contributed by atoms with Gasteiger partial charge in [-0.1, -0.05) is 40.2 Å². The van der Waals surface area contributed by atoms with E-state index in [0.29, 0.717) is 0 Å². The second kappa shape index (κ2) is 5.34. The van der Waals surface area contributed by atoms with E-state index in [-0.39, 0.29) is 5.41 Å². The lowest BCUT2D eigenvalue weighted by Crippen LogP contribution is -2.37. The van der Waals surface area contributed by atoms with E-state index >= 15 is 0 Å². The highest BCUT2D eigenvalue weighted by molar-refractivity contribution is 9.09. The van der Waals surface area contributed by atoms with Gasteiger partial charge in [-0.3, -0.25) is 0 Å². The maximum atomic E-state index is 6.02. The molecule has 0 bridgehead atoms. The average Bonchev–Trinajstić information content (AvgIpc) is 3.23. The first-order chi connectivity index (χ1) is 8.84. The molecule has 98 valence electrons. The minimum Gasteiger partial charge on any atom is -0.380 e. The van der Waals surface area contributed by atoms with Crippen molar-refractivity contribution in [3.05, 3.63) is 35.4 Å². The van der Waals surface area contributed by atoms with Gasteiger partial charge in [0.05, 0.1) is 6.61 Å². The van der Waals surface area contributed by atoms with Crippen LogP contribution < -0.4 is 0 Å². The zero-order valence-corrected chi connectivity index (χ0v) is 12.4. The fourth-order valence-corrected chi connectivity index (χ4v) is 3.78. The van der Waals surface area contributed by atoms with Crippen molar-refractivity contribution >= 4 is 15.9 Å². The van der Waals surface area contributed by atoms with Crippen molar-refractivity contribution in [3.63, 3.8) is 0 Å². The van der Waals surface area contributed by atoms with Crippen LogP contribution in [0, 0.1) is 5.92 Å². The van der Waals surface area contributed by atoms with Crippen molar-refractivity contribution in [2.24, 2.45) is 5.92 Å². The fourth-order valence-electron chi connectivity index (χ4n) is 3.04. The second-order valence-electron chi connectivity index (χ2n) is 5.88. The molecular weight excluding hydrogens is 288 g/mol. The Kier molecular flexibility index (Phi) is 3.76. The minimum absolute atomic E-state index is 0.212. The van der Waals surface area contributed by atoms with E-state index in [1.54, 1.807) is 0 Å². The van der Waals surface area contributed by atoms with Gasteiger partial charge in [0.15, 0.2) is 0 Å². The first kappa shape index (κ1) is 12.7. The largest absolute Gasteiger partial charge is 0.380 e. The molecule has 2 heteroatoms. The summed E-state index contributed by atoms with van der Waals surface area (Å²) in [6.45, 7) is 1.85. The molecule has 2 aliphatic rings. The third-order valence-electron chi connectivity index (χ3n) is 4.37. The standard InChI is InChI=1S/C16H21BrO/c17-11-16(12-18-10-13-7-8-13)9-3-5-14-4-1-2-6-15(14)16/h1-2,4,6,13H,3,5,7-12H2. The molecule has 0 spiro atoms. The van der Waals surface area contributed by atoms with Crippen molar-refractivity contribution in [2.45, 2.75) is 37.5 Å². The van der Waals surface area contributed by atoms with Crippen LogP contribution in [0.1, 0.15) is 36.8 Å². The lowest BCUT2D eigenvalue weighted by molar-refractivity contribution is 0.0762. The normalized spacial score (nSPS) is 26.9. The number of ether oxygens (including phenoxy) is 1. The molecule has 3 rings (SSSR count). The molecule has 0 aromatic heterocycles. The van der Waals surface area contributed by atoms with E-state index in [4.69, 9.17) is 4.74 Å². The molecule has 0 saturated heterocycles. The highest BCUT2D eigenvalue weighted by Gasteiger charge is 2.36. The molecule has 1 nitrogen and oxygen atoms in total. The number of fused-ring (bicyclic) bond motifs is 1. The minimum atomic E-state index is 0.212. The van der Waals surface area contributed by atoms with Crippen molar-refractivity contribution in [1.82, 2.24) is 0 Å².